The highest BCUT2D eigenvalue weighted by Crippen LogP contribution is 2.40. The van der Waals surface area contributed by atoms with Crippen LogP contribution >= 0.6 is 0 Å². The van der Waals surface area contributed by atoms with Gasteiger partial charge in [0, 0.05) is 7.11 Å². The van der Waals surface area contributed by atoms with Crippen LogP contribution in [-0.2, 0) is 4.74 Å². The van der Waals surface area contributed by atoms with Crippen LogP contribution in [0.2, 0.25) is 0 Å². The largest absolute Gasteiger partial charge is 0.497 e. The lowest BCUT2D eigenvalue weighted by atomic mass is 9.84. The first kappa shape index (κ1) is 14.4. The summed E-state index contributed by atoms with van der Waals surface area (Å²) in [6.07, 6.45) is 5.95. The summed E-state index contributed by atoms with van der Waals surface area (Å²) in [6.45, 7) is 0. The van der Waals surface area contributed by atoms with E-state index in [1.165, 1.54) is 12.8 Å². The van der Waals surface area contributed by atoms with Gasteiger partial charge in [0.05, 0.1) is 12.7 Å². The maximum Gasteiger partial charge on any atom is 0.119 e. The molecule has 3 heteroatoms. The SMILES string of the molecule is COc1cccc(C(O)C2(OC)CCCCCC2)c1. The average molecular weight is 264 g/mol. The predicted octanol–water partition coefficient (Wildman–Crippen LogP) is 3.47. The Labute approximate surface area is 115 Å². The molecule has 1 fully saturated rings. The second-order valence-electron chi connectivity index (χ2n) is 5.36. The summed E-state index contributed by atoms with van der Waals surface area (Å²) in [5, 5.41) is 10.8. The van der Waals surface area contributed by atoms with Gasteiger partial charge in [0.25, 0.3) is 0 Å². The van der Waals surface area contributed by atoms with Crippen LogP contribution in [0.15, 0.2) is 24.3 Å². The predicted molar refractivity (Wildman–Crippen MR) is 75.4 cm³/mol. The molecular weight excluding hydrogens is 240 g/mol. The standard InChI is InChI=1S/C16H24O3/c1-18-14-9-7-8-13(12-14)15(17)16(19-2)10-5-3-4-6-11-16/h7-9,12,15,17H,3-6,10-11H2,1-2H3. The number of rotatable bonds is 4. The van der Waals surface area contributed by atoms with Gasteiger partial charge in [-0.3, -0.25) is 0 Å². The van der Waals surface area contributed by atoms with Crippen molar-refractivity contribution in [2.24, 2.45) is 0 Å². The van der Waals surface area contributed by atoms with Crippen LogP contribution in [0.4, 0.5) is 0 Å². The number of hydrogen-bond donors (Lipinski definition) is 1. The molecule has 0 spiro atoms. The van der Waals surface area contributed by atoms with Crippen LogP contribution in [-0.4, -0.2) is 24.9 Å². The van der Waals surface area contributed by atoms with E-state index in [0.717, 1.165) is 37.0 Å². The number of hydrogen-bond acceptors (Lipinski definition) is 3. The Balaban J connectivity index is 2.25. The van der Waals surface area contributed by atoms with Gasteiger partial charge in [-0.1, -0.05) is 37.8 Å². The van der Waals surface area contributed by atoms with Crippen LogP contribution in [0.3, 0.4) is 0 Å². The Hall–Kier alpha value is -1.06. The summed E-state index contributed by atoms with van der Waals surface area (Å²) in [7, 11) is 3.36. The Morgan fingerprint density at radius 3 is 2.37 bits per heavy atom. The van der Waals surface area contributed by atoms with Crippen molar-refractivity contribution in [3.05, 3.63) is 29.8 Å². The van der Waals surface area contributed by atoms with Gasteiger partial charge in [-0.25, -0.2) is 0 Å². The molecule has 3 nitrogen and oxygen atoms in total. The van der Waals surface area contributed by atoms with Crippen LogP contribution < -0.4 is 4.74 Å². The lowest BCUT2D eigenvalue weighted by Crippen LogP contribution is -2.38. The van der Waals surface area contributed by atoms with Gasteiger partial charge in [-0.15, -0.1) is 0 Å². The number of ether oxygens (including phenoxy) is 2. The van der Waals surface area contributed by atoms with Crippen LogP contribution in [0, 0.1) is 0 Å². The molecule has 1 unspecified atom stereocenters. The van der Waals surface area contributed by atoms with Gasteiger partial charge >= 0.3 is 0 Å². The molecule has 1 aromatic rings. The van der Waals surface area contributed by atoms with E-state index in [4.69, 9.17) is 9.47 Å². The molecule has 1 atom stereocenters. The molecule has 0 aromatic heterocycles. The lowest BCUT2D eigenvalue weighted by Gasteiger charge is -2.36. The molecule has 1 saturated carbocycles. The van der Waals surface area contributed by atoms with Crippen molar-refractivity contribution in [1.82, 2.24) is 0 Å². The average Bonchev–Trinajstić information content (AvgIpc) is 2.73. The second kappa shape index (κ2) is 6.40. The first-order chi connectivity index (χ1) is 9.22. The van der Waals surface area contributed by atoms with Crippen LogP contribution in [0.25, 0.3) is 0 Å². The lowest BCUT2D eigenvalue weighted by molar-refractivity contribution is -0.114. The van der Waals surface area contributed by atoms with E-state index in [0.29, 0.717) is 0 Å². The minimum atomic E-state index is -0.592. The van der Waals surface area contributed by atoms with Gasteiger partial charge < -0.3 is 14.6 Å². The molecule has 1 N–H and O–H groups in total. The second-order valence-corrected chi connectivity index (χ2v) is 5.36. The van der Waals surface area contributed by atoms with E-state index in [9.17, 15) is 5.11 Å². The molecule has 106 valence electrons. The Morgan fingerprint density at radius 1 is 1.11 bits per heavy atom. The van der Waals surface area contributed by atoms with Gasteiger partial charge in [0.2, 0.25) is 0 Å². The minimum absolute atomic E-state index is 0.442. The van der Waals surface area contributed by atoms with E-state index < -0.39 is 11.7 Å². The smallest absolute Gasteiger partial charge is 0.119 e. The van der Waals surface area contributed by atoms with E-state index in [1.54, 1.807) is 14.2 Å². The number of methoxy groups -OCH3 is 2. The number of benzene rings is 1. The fourth-order valence-corrected chi connectivity index (χ4v) is 3.03. The maximum atomic E-state index is 10.8. The molecule has 1 aliphatic carbocycles. The van der Waals surface area contributed by atoms with Crippen molar-refractivity contribution >= 4 is 0 Å². The topological polar surface area (TPSA) is 38.7 Å². The van der Waals surface area contributed by atoms with E-state index >= 15 is 0 Å². The zero-order chi connectivity index (χ0) is 13.7. The summed E-state index contributed by atoms with van der Waals surface area (Å²) in [6, 6.07) is 7.65. The van der Waals surface area contributed by atoms with Crippen molar-refractivity contribution in [3.63, 3.8) is 0 Å². The Morgan fingerprint density at radius 2 is 1.79 bits per heavy atom. The molecule has 0 saturated heterocycles. The molecule has 1 aliphatic rings. The Bertz CT molecular complexity index is 395. The molecule has 0 bridgehead atoms. The van der Waals surface area contributed by atoms with E-state index in [1.807, 2.05) is 24.3 Å². The fraction of sp³-hybridized carbons (Fsp3) is 0.625. The highest BCUT2D eigenvalue weighted by molar-refractivity contribution is 5.31. The summed E-state index contributed by atoms with van der Waals surface area (Å²) in [4.78, 5) is 0. The van der Waals surface area contributed by atoms with Gasteiger partial charge in [-0.05, 0) is 30.5 Å². The zero-order valence-electron chi connectivity index (χ0n) is 11.9. The van der Waals surface area contributed by atoms with Gasteiger partial charge in [0.1, 0.15) is 11.9 Å². The molecule has 1 aromatic carbocycles. The van der Waals surface area contributed by atoms with Crippen molar-refractivity contribution in [2.45, 2.75) is 50.2 Å². The molecule has 0 aliphatic heterocycles. The maximum absolute atomic E-state index is 10.8. The normalized spacial score (nSPS) is 20.6. The monoisotopic (exact) mass is 264 g/mol. The molecular formula is C16H24O3. The number of aliphatic hydroxyl groups is 1. The molecule has 0 heterocycles. The van der Waals surface area contributed by atoms with Gasteiger partial charge in [-0.2, -0.15) is 0 Å². The van der Waals surface area contributed by atoms with Crippen molar-refractivity contribution < 1.29 is 14.6 Å². The summed E-state index contributed by atoms with van der Waals surface area (Å²) in [5.74, 6) is 0.774. The first-order valence-electron chi connectivity index (χ1n) is 7.09. The van der Waals surface area contributed by atoms with Crippen molar-refractivity contribution in [2.75, 3.05) is 14.2 Å². The molecule has 0 radical (unpaired) electrons. The molecule has 0 amide bonds. The highest BCUT2D eigenvalue weighted by atomic mass is 16.5. The zero-order valence-corrected chi connectivity index (χ0v) is 11.9. The van der Waals surface area contributed by atoms with Crippen LogP contribution in [0.1, 0.15) is 50.2 Å². The van der Waals surface area contributed by atoms with E-state index in [-0.39, 0.29) is 0 Å². The van der Waals surface area contributed by atoms with E-state index in [2.05, 4.69) is 0 Å². The molecule has 2 rings (SSSR count). The molecule has 19 heavy (non-hydrogen) atoms. The third kappa shape index (κ3) is 3.10. The fourth-order valence-electron chi connectivity index (χ4n) is 3.03. The van der Waals surface area contributed by atoms with Crippen molar-refractivity contribution in [3.8, 4) is 5.75 Å². The third-order valence-electron chi connectivity index (χ3n) is 4.26. The van der Waals surface area contributed by atoms with Gasteiger partial charge in [0.15, 0.2) is 0 Å². The number of aliphatic hydroxyl groups excluding tert-OH is 1. The Kier molecular flexibility index (Phi) is 4.83. The third-order valence-corrected chi connectivity index (χ3v) is 4.26. The quantitative estimate of drug-likeness (QED) is 0.846. The van der Waals surface area contributed by atoms with Crippen molar-refractivity contribution in [1.29, 1.82) is 0 Å². The first-order valence-corrected chi connectivity index (χ1v) is 7.09. The summed E-state index contributed by atoms with van der Waals surface area (Å²) >= 11 is 0. The van der Waals surface area contributed by atoms with Crippen LogP contribution in [0.5, 0.6) is 5.75 Å². The summed E-state index contributed by atoms with van der Waals surface area (Å²) in [5.41, 5.74) is 0.436. The minimum Gasteiger partial charge on any atom is -0.497 e. The summed E-state index contributed by atoms with van der Waals surface area (Å²) < 4.78 is 11.0. The highest BCUT2D eigenvalue weighted by Gasteiger charge is 2.39.